The maximum atomic E-state index is 13.3. The van der Waals surface area contributed by atoms with Gasteiger partial charge in [-0.3, -0.25) is 0 Å². The van der Waals surface area contributed by atoms with Gasteiger partial charge in [-0.05, 0) is 84.9 Å². The Labute approximate surface area is 247 Å². The molecule has 0 aliphatic heterocycles. The van der Waals surface area contributed by atoms with Crippen LogP contribution in [-0.2, 0) is 9.84 Å². The van der Waals surface area contributed by atoms with E-state index in [0.717, 1.165) is 60.7 Å². The van der Waals surface area contributed by atoms with Crippen LogP contribution >= 0.6 is 0 Å². The van der Waals surface area contributed by atoms with E-state index in [1.54, 1.807) is 0 Å². The molecule has 0 N–H and O–H groups in total. The van der Waals surface area contributed by atoms with Gasteiger partial charge in [-0.2, -0.15) is 43.9 Å². The number of rotatable bonds is 10. The Kier molecular flexibility index (Phi) is 8.88. The zero-order valence-corrected chi connectivity index (χ0v) is 22.7. The number of sulfone groups is 1. The average molecular weight is 670 g/mol. The molecule has 0 amide bonds. The molecule has 45 heavy (non-hydrogen) atoms. The van der Waals surface area contributed by atoms with Gasteiger partial charge in [0.1, 0.15) is 34.5 Å². The molecule has 0 fully saturated rings. The quantitative estimate of drug-likeness (QED) is 0.157. The van der Waals surface area contributed by atoms with Crippen LogP contribution in [0.5, 0.6) is 34.5 Å². The summed E-state index contributed by atoms with van der Waals surface area (Å²) < 4.78 is 171. The number of benzene rings is 4. The van der Waals surface area contributed by atoms with E-state index in [2.05, 4.69) is 9.47 Å². The van der Waals surface area contributed by atoms with Crippen LogP contribution < -0.4 is 18.9 Å². The van der Waals surface area contributed by atoms with Crippen LogP contribution in [0.25, 0.3) is 0 Å². The normalized spacial score (nSPS) is 12.8. The molecule has 17 heteroatoms. The lowest BCUT2D eigenvalue weighted by molar-refractivity contribution is -0.360. The Morgan fingerprint density at radius 1 is 0.422 bits per heavy atom. The molecule has 0 aliphatic rings. The van der Waals surface area contributed by atoms with E-state index in [1.165, 1.54) is 36.4 Å². The summed E-state index contributed by atoms with van der Waals surface area (Å²) in [5.74, 6) is -1.82. The highest BCUT2D eigenvalue weighted by molar-refractivity contribution is 7.91. The van der Waals surface area contributed by atoms with Crippen molar-refractivity contribution >= 4 is 9.84 Å². The molecule has 0 radical (unpaired) electrons. The fourth-order valence-electron chi connectivity index (χ4n) is 3.38. The van der Waals surface area contributed by atoms with Crippen LogP contribution in [0.3, 0.4) is 0 Å². The Morgan fingerprint density at radius 3 is 1.04 bits per heavy atom. The fraction of sp³-hybridized carbons (Fsp3) is 0.143. The molecule has 0 atom stereocenters. The monoisotopic (exact) mass is 670 g/mol. The lowest BCUT2D eigenvalue weighted by Gasteiger charge is -2.20. The topological polar surface area (TPSA) is 71.1 Å². The van der Waals surface area contributed by atoms with E-state index >= 15 is 0 Å². The Balaban J connectivity index is 1.46. The number of hydrogen-bond acceptors (Lipinski definition) is 6. The standard InChI is InChI=1S/C28H16F10O6S/c29-25(30,31)27(35,36)43-19-11-7-17(8-12-19)41-21-3-1-5-23(15-21)45(39,40)24-6-2-4-22(16-24)42-18-9-13-20(14-10-18)44-28(37,38)26(32,33)34/h1-16H. The molecule has 0 bridgehead atoms. The molecule has 0 aliphatic carbocycles. The number of hydrogen-bond donors (Lipinski definition) is 0. The van der Waals surface area contributed by atoms with Gasteiger partial charge in [0.05, 0.1) is 9.79 Å². The summed E-state index contributed by atoms with van der Waals surface area (Å²) in [5.41, 5.74) is 0. The molecule has 0 aromatic heterocycles. The molecule has 4 aromatic carbocycles. The van der Waals surface area contributed by atoms with Gasteiger partial charge in [0.15, 0.2) is 0 Å². The lowest BCUT2D eigenvalue weighted by atomic mass is 10.3. The molecule has 0 spiro atoms. The molecular formula is C28H16F10O6S. The Morgan fingerprint density at radius 2 is 0.733 bits per heavy atom. The summed E-state index contributed by atoms with van der Waals surface area (Å²) in [6.07, 6.45) is -22.7. The SMILES string of the molecule is O=S(=O)(c1cccc(Oc2ccc(OC(F)(F)C(F)(F)F)cc2)c1)c1cccc(Oc2ccc(OC(F)(F)C(F)(F)F)cc2)c1. The Bertz CT molecular complexity index is 1610. The summed E-state index contributed by atoms with van der Waals surface area (Å²) >= 11 is 0. The minimum Gasteiger partial charge on any atom is -0.457 e. The fourth-order valence-corrected chi connectivity index (χ4v) is 4.71. The van der Waals surface area contributed by atoms with Crippen molar-refractivity contribution in [1.29, 1.82) is 0 Å². The summed E-state index contributed by atoms with van der Waals surface area (Å²) in [6, 6.07) is 17.2. The van der Waals surface area contributed by atoms with Gasteiger partial charge >= 0.3 is 24.6 Å². The molecule has 0 saturated carbocycles. The van der Waals surface area contributed by atoms with Crippen LogP contribution in [0.1, 0.15) is 0 Å². The predicted molar refractivity (Wildman–Crippen MR) is 135 cm³/mol. The predicted octanol–water partition coefficient (Wildman–Crippen LogP) is 9.17. The molecule has 0 unspecified atom stereocenters. The third-order valence-corrected chi connectivity index (χ3v) is 7.25. The van der Waals surface area contributed by atoms with Gasteiger partial charge < -0.3 is 18.9 Å². The third kappa shape index (κ3) is 7.89. The summed E-state index contributed by atoms with van der Waals surface area (Å²) in [6.45, 7) is 0. The Hall–Kier alpha value is -4.67. The van der Waals surface area contributed by atoms with E-state index in [0.29, 0.717) is 0 Å². The van der Waals surface area contributed by atoms with Crippen molar-refractivity contribution in [2.24, 2.45) is 0 Å². The molecule has 4 aromatic rings. The number of ether oxygens (including phenoxy) is 4. The number of alkyl halides is 10. The van der Waals surface area contributed by atoms with Gasteiger partial charge in [0.25, 0.3) is 0 Å². The van der Waals surface area contributed by atoms with Crippen molar-refractivity contribution in [3.8, 4) is 34.5 Å². The van der Waals surface area contributed by atoms with Crippen molar-refractivity contribution < 1.29 is 71.3 Å². The van der Waals surface area contributed by atoms with Gasteiger partial charge in [0.2, 0.25) is 9.84 Å². The highest BCUT2D eigenvalue weighted by Gasteiger charge is 2.62. The van der Waals surface area contributed by atoms with E-state index in [-0.39, 0.29) is 32.8 Å². The highest BCUT2D eigenvalue weighted by atomic mass is 32.2. The second kappa shape index (κ2) is 12.0. The second-order valence-electron chi connectivity index (χ2n) is 8.83. The van der Waals surface area contributed by atoms with Crippen LogP contribution in [0.2, 0.25) is 0 Å². The second-order valence-corrected chi connectivity index (χ2v) is 10.8. The van der Waals surface area contributed by atoms with Crippen LogP contribution in [0, 0.1) is 0 Å². The molecule has 0 saturated heterocycles. The molecule has 0 heterocycles. The van der Waals surface area contributed by atoms with Crippen LogP contribution in [0.15, 0.2) is 107 Å². The average Bonchev–Trinajstić information content (AvgIpc) is 2.94. The van der Waals surface area contributed by atoms with E-state index in [9.17, 15) is 52.3 Å². The first-order chi connectivity index (χ1) is 20.8. The third-order valence-electron chi connectivity index (χ3n) is 5.50. The molecule has 6 nitrogen and oxygen atoms in total. The largest absolute Gasteiger partial charge is 0.499 e. The maximum absolute atomic E-state index is 13.3. The maximum Gasteiger partial charge on any atom is 0.499 e. The van der Waals surface area contributed by atoms with E-state index < -0.39 is 45.9 Å². The molecule has 240 valence electrons. The summed E-state index contributed by atoms with van der Waals surface area (Å²) in [4.78, 5) is -0.539. The van der Waals surface area contributed by atoms with Gasteiger partial charge in [0, 0.05) is 0 Å². The van der Waals surface area contributed by atoms with Crippen LogP contribution in [0.4, 0.5) is 43.9 Å². The first-order valence-electron chi connectivity index (χ1n) is 12.0. The van der Waals surface area contributed by atoms with Crippen molar-refractivity contribution in [1.82, 2.24) is 0 Å². The van der Waals surface area contributed by atoms with E-state index in [1.807, 2.05) is 0 Å². The first-order valence-corrected chi connectivity index (χ1v) is 13.5. The van der Waals surface area contributed by atoms with Gasteiger partial charge in [-0.1, -0.05) is 12.1 Å². The van der Waals surface area contributed by atoms with Crippen molar-refractivity contribution in [2.45, 2.75) is 34.4 Å². The van der Waals surface area contributed by atoms with Crippen molar-refractivity contribution in [3.05, 3.63) is 97.1 Å². The van der Waals surface area contributed by atoms with Gasteiger partial charge in [-0.25, -0.2) is 8.42 Å². The summed E-state index contributed by atoms with van der Waals surface area (Å²) in [5, 5.41) is 0. The van der Waals surface area contributed by atoms with Crippen molar-refractivity contribution in [3.63, 3.8) is 0 Å². The number of halogens is 10. The van der Waals surface area contributed by atoms with E-state index in [4.69, 9.17) is 9.47 Å². The summed E-state index contributed by atoms with van der Waals surface area (Å²) in [7, 11) is -4.23. The molecular weight excluding hydrogens is 654 g/mol. The van der Waals surface area contributed by atoms with Gasteiger partial charge in [-0.15, -0.1) is 0 Å². The first kappa shape index (κ1) is 33.2. The smallest absolute Gasteiger partial charge is 0.457 e. The van der Waals surface area contributed by atoms with Crippen LogP contribution in [-0.4, -0.2) is 33.0 Å². The highest BCUT2D eigenvalue weighted by Crippen LogP contribution is 2.39. The minimum absolute atomic E-state index is 0.0452. The minimum atomic E-state index is -5.94. The zero-order valence-electron chi connectivity index (χ0n) is 21.9. The van der Waals surface area contributed by atoms with Crippen molar-refractivity contribution in [2.75, 3.05) is 0 Å². The lowest BCUT2D eigenvalue weighted by Crippen LogP contribution is -2.41. The molecule has 4 rings (SSSR count). The zero-order chi connectivity index (χ0) is 33.3.